The number of H-pyrrole nitrogens is 1. The molecule has 2 aromatic carbocycles. The van der Waals surface area contributed by atoms with Crippen LogP contribution in [0.3, 0.4) is 0 Å². The fraction of sp³-hybridized carbons (Fsp3) is 0.515. The Labute approximate surface area is 259 Å². The molecule has 2 fully saturated rings. The van der Waals surface area contributed by atoms with Crippen molar-refractivity contribution in [1.29, 1.82) is 0 Å². The molecule has 9 nitrogen and oxygen atoms in total. The van der Waals surface area contributed by atoms with Gasteiger partial charge < -0.3 is 30.0 Å². The van der Waals surface area contributed by atoms with E-state index in [4.69, 9.17) is 21.1 Å². The van der Waals surface area contributed by atoms with Crippen molar-refractivity contribution in [2.24, 2.45) is 5.92 Å². The standard InChI is InChI=1S/C33H44ClN5O4/c1-33(2,3)43-32(41)28-20-37-30-19-29(34)26(18-27(28)30)24-4-6-25(7-5-24)42-17-12-36-31(40)22-39-15-13-38(14-16-39)21-23-8-10-35-11-9-23/h4-7,18-20,23,35,37H,8-17,21-22H2,1-3H3,(H,36,40). The lowest BCUT2D eigenvalue weighted by Crippen LogP contribution is -2.51. The van der Waals surface area contributed by atoms with Crippen LogP contribution in [0.2, 0.25) is 5.02 Å². The first-order valence-electron chi connectivity index (χ1n) is 15.3. The van der Waals surface area contributed by atoms with E-state index < -0.39 is 5.60 Å². The number of carbonyl (C=O) groups excluding carboxylic acids is 2. The quantitative estimate of drug-likeness (QED) is 0.229. The lowest BCUT2D eigenvalue weighted by molar-refractivity contribution is -0.122. The van der Waals surface area contributed by atoms with E-state index in [9.17, 15) is 9.59 Å². The molecule has 43 heavy (non-hydrogen) atoms. The van der Waals surface area contributed by atoms with Gasteiger partial charge in [-0.25, -0.2) is 4.79 Å². The summed E-state index contributed by atoms with van der Waals surface area (Å²) < 4.78 is 11.4. The van der Waals surface area contributed by atoms with Gasteiger partial charge >= 0.3 is 5.97 Å². The Kier molecular flexibility index (Phi) is 10.3. The third-order valence-electron chi connectivity index (χ3n) is 8.05. The number of fused-ring (bicyclic) bond motifs is 1. The number of aromatic nitrogens is 1. The van der Waals surface area contributed by atoms with Gasteiger partial charge in [0.05, 0.1) is 23.7 Å². The number of halogens is 1. The highest BCUT2D eigenvalue weighted by Gasteiger charge is 2.23. The van der Waals surface area contributed by atoms with Crippen molar-refractivity contribution in [2.75, 3.05) is 65.5 Å². The van der Waals surface area contributed by atoms with Crippen LogP contribution in [0.25, 0.3) is 22.0 Å². The topological polar surface area (TPSA) is 98.9 Å². The molecule has 0 atom stereocenters. The smallest absolute Gasteiger partial charge is 0.340 e. The molecule has 232 valence electrons. The minimum absolute atomic E-state index is 0.0336. The van der Waals surface area contributed by atoms with Gasteiger partial charge in [-0.3, -0.25) is 9.69 Å². The average molecular weight is 610 g/mol. The zero-order valence-electron chi connectivity index (χ0n) is 25.5. The molecule has 3 N–H and O–H groups in total. The van der Waals surface area contributed by atoms with E-state index in [2.05, 4.69) is 25.4 Å². The molecule has 10 heteroatoms. The van der Waals surface area contributed by atoms with E-state index in [1.54, 1.807) is 6.20 Å². The molecule has 1 amide bonds. The van der Waals surface area contributed by atoms with Crippen LogP contribution >= 0.6 is 11.6 Å². The molecule has 5 rings (SSSR count). The van der Waals surface area contributed by atoms with E-state index in [-0.39, 0.29) is 11.9 Å². The van der Waals surface area contributed by atoms with Gasteiger partial charge in [-0.2, -0.15) is 0 Å². The summed E-state index contributed by atoms with van der Waals surface area (Å²) in [5, 5.41) is 7.74. The van der Waals surface area contributed by atoms with Crippen LogP contribution in [0.5, 0.6) is 5.75 Å². The predicted octanol–water partition coefficient (Wildman–Crippen LogP) is 4.56. The third-order valence-corrected chi connectivity index (χ3v) is 8.37. The van der Waals surface area contributed by atoms with Crippen LogP contribution in [0, 0.1) is 5.92 Å². The molecule has 1 aromatic heterocycles. The normalized spacial score (nSPS) is 17.2. The summed E-state index contributed by atoms with van der Waals surface area (Å²) in [7, 11) is 0. The van der Waals surface area contributed by atoms with Crippen LogP contribution in [0.1, 0.15) is 44.0 Å². The zero-order chi connectivity index (χ0) is 30.4. The highest BCUT2D eigenvalue weighted by atomic mass is 35.5. The SMILES string of the molecule is CC(C)(C)OC(=O)c1c[nH]c2cc(Cl)c(-c3ccc(OCCNC(=O)CN4CCN(CC5CCNCC5)CC4)cc3)cc12. The second kappa shape index (κ2) is 14.1. The Morgan fingerprint density at radius 2 is 1.72 bits per heavy atom. The number of esters is 1. The number of rotatable bonds is 10. The van der Waals surface area contributed by atoms with Crippen molar-refractivity contribution in [2.45, 2.75) is 39.2 Å². The maximum Gasteiger partial charge on any atom is 0.340 e. The van der Waals surface area contributed by atoms with Crippen molar-refractivity contribution in [3.05, 3.63) is 53.2 Å². The Morgan fingerprint density at radius 1 is 1.02 bits per heavy atom. The molecule has 0 unspecified atom stereocenters. The summed E-state index contributed by atoms with van der Waals surface area (Å²) >= 11 is 6.61. The summed E-state index contributed by atoms with van der Waals surface area (Å²) in [4.78, 5) is 33.1. The van der Waals surface area contributed by atoms with Gasteiger partial charge in [0.2, 0.25) is 5.91 Å². The highest BCUT2D eigenvalue weighted by Crippen LogP contribution is 2.34. The fourth-order valence-corrected chi connectivity index (χ4v) is 6.05. The van der Waals surface area contributed by atoms with E-state index in [0.29, 0.717) is 36.0 Å². The molecule has 0 radical (unpaired) electrons. The van der Waals surface area contributed by atoms with Gasteiger partial charge in [-0.05, 0) is 82.4 Å². The molecule has 0 spiro atoms. The van der Waals surface area contributed by atoms with E-state index in [0.717, 1.165) is 67.2 Å². The maximum absolute atomic E-state index is 12.7. The lowest BCUT2D eigenvalue weighted by Gasteiger charge is -2.37. The molecule has 0 saturated carbocycles. The first-order chi connectivity index (χ1) is 20.6. The van der Waals surface area contributed by atoms with Gasteiger partial charge in [-0.15, -0.1) is 0 Å². The van der Waals surface area contributed by atoms with Crippen LogP contribution in [-0.2, 0) is 9.53 Å². The van der Waals surface area contributed by atoms with E-state index >= 15 is 0 Å². The summed E-state index contributed by atoms with van der Waals surface area (Å²) in [5.74, 6) is 1.16. The average Bonchev–Trinajstić information content (AvgIpc) is 3.39. The Bertz CT molecular complexity index is 1390. The molecule has 3 heterocycles. The maximum atomic E-state index is 12.7. The Morgan fingerprint density at radius 3 is 2.42 bits per heavy atom. The molecular formula is C33H44ClN5O4. The second-order valence-electron chi connectivity index (χ2n) is 12.6. The monoisotopic (exact) mass is 609 g/mol. The molecule has 2 aliphatic heterocycles. The second-order valence-corrected chi connectivity index (χ2v) is 13.0. The number of nitrogens with one attached hydrogen (secondary N) is 3. The number of ether oxygens (including phenoxy) is 2. The van der Waals surface area contributed by atoms with Crippen molar-refractivity contribution in [1.82, 2.24) is 25.4 Å². The van der Waals surface area contributed by atoms with Crippen LogP contribution < -0.4 is 15.4 Å². The molecule has 2 aliphatic rings. The number of nitrogens with zero attached hydrogens (tertiary/aromatic N) is 2. The van der Waals surface area contributed by atoms with Crippen molar-refractivity contribution in [3.8, 4) is 16.9 Å². The minimum atomic E-state index is -0.587. The van der Waals surface area contributed by atoms with Gasteiger partial charge in [0.25, 0.3) is 0 Å². The Hall–Kier alpha value is -3.11. The fourth-order valence-electron chi connectivity index (χ4n) is 5.77. The lowest BCUT2D eigenvalue weighted by atomic mass is 9.97. The number of hydrogen-bond acceptors (Lipinski definition) is 7. The molecule has 0 bridgehead atoms. The molecule has 2 saturated heterocycles. The van der Waals surface area contributed by atoms with Crippen LogP contribution in [0.15, 0.2) is 42.6 Å². The van der Waals surface area contributed by atoms with Gasteiger partial charge in [0.1, 0.15) is 18.0 Å². The number of piperidine rings is 1. The van der Waals surface area contributed by atoms with Crippen molar-refractivity contribution in [3.63, 3.8) is 0 Å². The summed E-state index contributed by atoms with van der Waals surface area (Å²) in [5.41, 5.74) is 2.37. The number of carbonyl (C=O) groups is 2. The summed E-state index contributed by atoms with van der Waals surface area (Å²) in [6.07, 6.45) is 4.20. The van der Waals surface area contributed by atoms with Crippen molar-refractivity contribution >= 4 is 34.4 Å². The number of piperazine rings is 1. The molecular weight excluding hydrogens is 566 g/mol. The number of benzene rings is 2. The minimum Gasteiger partial charge on any atom is -0.492 e. The molecule has 3 aromatic rings. The highest BCUT2D eigenvalue weighted by molar-refractivity contribution is 6.34. The van der Waals surface area contributed by atoms with Crippen LogP contribution in [-0.4, -0.2) is 97.8 Å². The first-order valence-corrected chi connectivity index (χ1v) is 15.7. The van der Waals surface area contributed by atoms with Gasteiger partial charge in [0, 0.05) is 55.4 Å². The Balaban J connectivity index is 1.06. The largest absolute Gasteiger partial charge is 0.492 e. The third kappa shape index (κ3) is 8.72. The van der Waals surface area contributed by atoms with Crippen molar-refractivity contribution < 1.29 is 19.1 Å². The van der Waals surface area contributed by atoms with Gasteiger partial charge in [-0.1, -0.05) is 23.7 Å². The number of amides is 1. The molecule has 0 aliphatic carbocycles. The summed E-state index contributed by atoms with van der Waals surface area (Å²) in [6.45, 7) is 14.2. The summed E-state index contributed by atoms with van der Waals surface area (Å²) in [6, 6.07) is 11.4. The van der Waals surface area contributed by atoms with E-state index in [1.807, 2.05) is 57.2 Å². The number of aromatic amines is 1. The zero-order valence-corrected chi connectivity index (χ0v) is 26.3. The predicted molar refractivity (Wildman–Crippen MR) is 171 cm³/mol. The van der Waals surface area contributed by atoms with Gasteiger partial charge in [0.15, 0.2) is 0 Å². The van der Waals surface area contributed by atoms with Crippen LogP contribution in [0.4, 0.5) is 0 Å². The van der Waals surface area contributed by atoms with E-state index in [1.165, 1.54) is 19.4 Å². The number of hydrogen-bond donors (Lipinski definition) is 3. The first kappa shape index (κ1) is 31.3.